The summed E-state index contributed by atoms with van der Waals surface area (Å²) in [5, 5.41) is 29.3. The summed E-state index contributed by atoms with van der Waals surface area (Å²) in [7, 11) is 0. The highest BCUT2D eigenvalue weighted by Crippen LogP contribution is 2.31. The van der Waals surface area contributed by atoms with Crippen LogP contribution in [0.5, 0.6) is 0 Å². The van der Waals surface area contributed by atoms with Crippen LogP contribution in [0.25, 0.3) is 0 Å². The van der Waals surface area contributed by atoms with Crippen molar-refractivity contribution in [1.82, 2.24) is 0 Å². The van der Waals surface area contributed by atoms with Crippen molar-refractivity contribution in [2.24, 2.45) is 0 Å². The second-order valence-corrected chi connectivity index (χ2v) is 6.40. The van der Waals surface area contributed by atoms with Crippen LogP contribution in [-0.4, -0.2) is 95.1 Å². The predicted octanol–water partition coefficient (Wildman–Crippen LogP) is -2.17. The molecule has 29 heavy (non-hydrogen) atoms. The molecule has 1 aliphatic heterocycles. The van der Waals surface area contributed by atoms with Crippen molar-refractivity contribution < 1.29 is 58.2 Å². The van der Waals surface area contributed by atoms with E-state index < -0.39 is 79.8 Å². The van der Waals surface area contributed by atoms with Crippen molar-refractivity contribution in [2.45, 2.75) is 70.4 Å². The van der Waals surface area contributed by atoms with Crippen LogP contribution >= 0.6 is 0 Å². The van der Waals surface area contributed by atoms with Gasteiger partial charge in [0.1, 0.15) is 31.0 Å². The monoisotopic (exact) mass is 422 g/mol. The minimum absolute atomic E-state index is 0.462. The van der Waals surface area contributed by atoms with Gasteiger partial charge in [0, 0.05) is 27.7 Å². The largest absolute Gasteiger partial charge is 0.463 e. The molecule has 2 unspecified atom stereocenters. The summed E-state index contributed by atoms with van der Waals surface area (Å²) in [5.41, 5.74) is 0. The second-order valence-electron chi connectivity index (χ2n) is 6.40. The number of aliphatic hydroxyl groups is 3. The Kier molecular flexibility index (Phi) is 9.43. The van der Waals surface area contributed by atoms with Gasteiger partial charge in [-0.3, -0.25) is 19.2 Å². The van der Waals surface area contributed by atoms with Crippen LogP contribution in [-0.2, 0) is 42.9 Å². The molecule has 166 valence electrons. The van der Waals surface area contributed by atoms with Gasteiger partial charge in [0.05, 0.1) is 6.61 Å². The summed E-state index contributed by atoms with van der Waals surface area (Å²) in [6, 6.07) is 0. The van der Waals surface area contributed by atoms with Gasteiger partial charge in [-0.1, -0.05) is 0 Å². The fourth-order valence-corrected chi connectivity index (χ4v) is 2.86. The van der Waals surface area contributed by atoms with E-state index in [0.717, 1.165) is 27.7 Å². The smallest absolute Gasteiger partial charge is 0.303 e. The van der Waals surface area contributed by atoms with Crippen molar-refractivity contribution in [2.75, 3.05) is 13.2 Å². The Morgan fingerprint density at radius 1 is 0.828 bits per heavy atom. The van der Waals surface area contributed by atoms with Gasteiger partial charge >= 0.3 is 23.9 Å². The molecule has 7 atom stereocenters. The Morgan fingerprint density at radius 2 is 1.31 bits per heavy atom. The molecule has 3 N–H and O–H groups in total. The molecule has 0 radical (unpaired) electrons. The van der Waals surface area contributed by atoms with E-state index in [0.29, 0.717) is 0 Å². The summed E-state index contributed by atoms with van der Waals surface area (Å²) >= 11 is 0. The number of aliphatic hydroxyl groups excluding tert-OH is 3. The van der Waals surface area contributed by atoms with E-state index in [1.807, 2.05) is 0 Å². The molecule has 0 saturated carbocycles. The molecule has 1 fully saturated rings. The van der Waals surface area contributed by atoms with Crippen LogP contribution in [0.1, 0.15) is 27.7 Å². The van der Waals surface area contributed by atoms with E-state index in [4.69, 9.17) is 28.8 Å². The zero-order valence-electron chi connectivity index (χ0n) is 16.5. The lowest BCUT2D eigenvalue weighted by Crippen LogP contribution is -2.66. The molecule has 12 nitrogen and oxygen atoms in total. The fraction of sp³-hybridized carbons (Fsp3) is 0.765. The quantitative estimate of drug-likeness (QED) is 0.285. The molecule has 0 aliphatic carbocycles. The minimum Gasteiger partial charge on any atom is -0.463 e. The van der Waals surface area contributed by atoms with Gasteiger partial charge in [0.2, 0.25) is 0 Å². The maximum Gasteiger partial charge on any atom is 0.303 e. The van der Waals surface area contributed by atoms with Crippen LogP contribution in [0.3, 0.4) is 0 Å². The van der Waals surface area contributed by atoms with Gasteiger partial charge in [0.25, 0.3) is 0 Å². The molecule has 0 aromatic carbocycles. The van der Waals surface area contributed by atoms with Crippen LogP contribution in [0.4, 0.5) is 0 Å². The van der Waals surface area contributed by atoms with Gasteiger partial charge in [0.15, 0.2) is 18.3 Å². The maximum atomic E-state index is 11.6. The summed E-state index contributed by atoms with van der Waals surface area (Å²) in [4.78, 5) is 46.0. The van der Waals surface area contributed by atoms with Crippen molar-refractivity contribution in [3.63, 3.8) is 0 Å². The number of rotatable bonds is 8. The first-order valence-electron chi connectivity index (χ1n) is 8.75. The van der Waals surface area contributed by atoms with Gasteiger partial charge in [-0.2, -0.15) is 0 Å². The van der Waals surface area contributed by atoms with Crippen molar-refractivity contribution >= 4 is 23.9 Å². The lowest BCUT2D eigenvalue weighted by atomic mass is 9.90. The normalized spacial score (nSPS) is 28.6. The van der Waals surface area contributed by atoms with E-state index in [2.05, 4.69) is 0 Å². The lowest BCUT2D eigenvalue weighted by Gasteiger charge is -2.46. The zero-order valence-corrected chi connectivity index (χ0v) is 16.5. The molecule has 0 amide bonds. The molecule has 12 heteroatoms. The molecule has 1 rings (SSSR count). The Labute approximate surface area is 166 Å². The number of hydrogen-bond donors (Lipinski definition) is 3. The highest BCUT2D eigenvalue weighted by molar-refractivity contribution is 5.68. The average Bonchev–Trinajstić information content (AvgIpc) is 2.61. The SMILES string of the molecule is CC(=O)OC[C@H]1OC(C(O)[C@@H](O)CO)[C@H](OC(C)=O)[C@@H](OC(C)=O)[C@H]1OC(C)=O. The third-order valence-electron chi connectivity index (χ3n) is 3.94. The number of ether oxygens (including phenoxy) is 5. The number of esters is 4. The van der Waals surface area contributed by atoms with Crippen LogP contribution < -0.4 is 0 Å². The first kappa shape index (κ1) is 24.8. The summed E-state index contributed by atoms with van der Waals surface area (Å²) in [5.74, 6) is -3.15. The van der Waals surface area contributed by atoms with E-state index >= 15 is 0 Å². The van der Waals surface area contributed by atoms with Gasteiger partial charge in [-0.15, -0.1) is 0 Å². The number of carbonyl (C=O) groups excluding carboxylic acids is 4. The fourth-order valence-electron chi connectivity index (χ4n) is 2.86. The zero-order chi connectivity index (χ0) is 22.3. The van der Waals surface area contributed by atoms with Gasteiger partial charge < -0.3 is 39.0 Å². The molecule has 1 heterocycles. The van der Waals surface area contributed by atoms with Crippen LogP contribution in [0.2, 0.25) is 0 Å². The molecule has 0 spiro atoms. The van der Waals surface area contributed by atoms with Gasteiger partial charge in [-0.25, -0.2) is 0 Å². The summed E-state index contributed by atoms with van der Waals surface area (Å²) < 4.78 is 26.0. The van der Waals surface area contributed by atoms with Crippen molar-refractivity contribution in [3.05, 3.63) is 0 Å². The van der Waals surface area contributed by atoms with E-state index in [9.17, 15) is 29.4 Å². The topological polar surface area (TPSA) is 175 Å². The lowest BCUT2D eigenvalue weighted by molar-refractivity contribution is -0.272. The molecular formula is C17H26O12. The van der Waals surface area contributed by atoms with E-state index in [1.165, 1.54) is 0 Å². The van der Waals surface area contributed by atoms with Crippen LogP contribution in [0.15, 0.2) is 0 Å². The molecule has 0 aromatic heterocycles. The number of hydrogen-bond acceptors (Lipinski definition) is 12. The minimum atomic E-state index is -1.79. The molecule has 1 saturated heterocycles. The predicted molar refractivity (Wildman–Crippen MR) is 91.1 cm³/mol. The summed E-state index contributed by atoms with van der Waals surface area (Å²) in [6.45, 7) is 2.98. The second kappa shape index (κ2) is 11.0. The molecular weight excluding hydrogens is 396 g/mol. The Balaban J connectivity index is 3.39. The van der Waals surface area contributed by atoms with E-state index in [1.54, 1.807) is 0 Å². The molecule has 1 aliphatic rings. The van der Waals surface area contributed by atoms with Crippen molar-refractivity contribution in [3.8, 4) is 0 Å². The maximum absolute atomic E-state index is 11.6. The standard InChI is InChI=1S/C17H26O12/c1-7(19)25-6-12-14(26-8(2)20)16(27-9(3)21)17(28-10(4)22)15(29-12)13(24)11(23)5-18/h11-18,23-24H,5-6H2,1-4H3/t11-,12+,13?,14-,15?,16-,17-/m0/s1. The highest BCUT2D eigenvalue weighted by Gasteiger charge is 2.54. The summed E-state index contributed by atoms with van der Waals surface area (Å²) in [6.07, 6.45) is -10.6. The van der Waals surface area contributed by atoms with Crippen molar-refractivity contribution in [1.29, 1.82) is 0 Å². The Hall–Kier alpha value is -2.28. The third kappa shape index (κ3) is 7.24. The average molecular weight is 422 g/mol. The first-order valence-corrected chi connectivity index (χ1v) is 8.75. The third-order valence-corrected chi connectivity index (χ3v) is 3.94. The van der Waals surface area contributed by atoms with E-state index in [-0.39, 0.29) is 0 Å². The highest BCUT2D eigenvalue weighted by atomic mass is 16.7. The number of carbonyl (C=O) groups is 4. The molecule has 0 bridgehead atoms. The van der Waals surface area contributed by atoms with Crippen LogP contribution in [0, 0.1) is 0 Å². The Morgan fingerprint density at radius 3 is 1.76 bits per heavy atom. The Bertz CT molecular complexity index is 605. The molecule has 0 aromatic rings. The van der Waals surface area contributed by atoms with Gasteiger partial charge in [-0.05, 0) is 0 Å². The first-order chi connectivity index (χ1) is 13.5.